The fourth-order valence-corrected chi connectivity index (χ4v) is 2.82. The van der Waals surface area contributed by atoms with Crippen molar-refractivity contribution >= 4 is 11.8 Å². The van der Waals surface area contributed by atoms with E-state index in [1.807, 2.05) is 25.1 Å². The molecule has 0 saturated carbocycles. The van der Waals surface area contributed by atoms with E-state index in [2.05, 4.69) is 9.97 Å². The zero-order valence-corrected chi connectivity index (χ0v) is 13.5. The second-order valence-corrected chi connectivity index (χ2v) is 5.68. The summed E-state index contributed by atoms with van der Waals surface area (Å²) in [5.41, 5.74) is 1.60. The highest BCUT2D eigenvalue weighted by Gasteiger charge is 2.38. The molecule has 1 unspecified atom stereocenters. The third-order valence-electron chi connectivity index (χ3n) is 3.94. The second-order valence-electron chi connectivity index (χ2n) is 5.68. The molecule has 6 heteroatoms. The first kappa shape index (κ1) is 16.1. The number of ether oxygens (including phenoxy) is 1. The van der Waals surface area contributed by atoms with E-state index in [0.29, 0.717) is 24.6 Å². The molecule has 1 aliphatic rings. The lowest BCUT2D eigenvalue weighted by molar-refractivity contribution is -0.140. The maximum atomic E-state index is 12.6. The molecule has 0 radical (unpaired) electrons. The molecule has 24 heavy (non-hydrogen) atoms. The quantitative estimate of drug-likeness (QED) is 0.760. The molecule has 3 rings (SSSR count). The van der Waals surface area contributed by atoms with Gasteiger partial charge < -0.3 is 4.74 Å². The normalized spacial score (nSPS) is 17.4. The van der Waals surface area contributed by atoms with Gasteiger partial charge in [-0.3, -0.25) is 19.5 Å². The Morgan fingerprint density at radius 1 is 1.25 bits per heavy atom. The Labute approximate surface area is 140 Å². The maximum absolute atomic E-state index is 12.6. The van der Waals surface area contributed by atoms with Crippen LogP contribution in [0.5, 0.6) is 5.88 Å². The van der Waals surface area contributed by atoms with Crippen molar-refractivity contribution in [2.45, 2.75) is 26.3 Å². The van der Waals surface area contributed by atoms with Gasteiger partial charge in [-0.1, -0.05) is 12.1 Å². The molecular formula is C18H19N3O3. The fourth-order valence-electron chi connectivity index (χ4n) is 2.82. The minimum atomic E-state index is -0.322. The van der Waals surface area contributed by atoms with Crippen LogP contribution in [0.2, 0.25) is 0 Å². The highest BCUT2D eigenvalue weighted by atomic mass is 16.5. The van der Waals surface area contributed by atoms with Gasteiger partial charge in [0.1, 0.15) is 0 Å². The van der Waals surface area contributed by atoms with Gasteiger partial charge in [0.15, 0.2) is 0 Å². The molecule has 0 aliphatic carbocycles. The molecule has 1 aliphatic heterocycles. The van der Waals surface area contributed by atoms with E-state index in [-0.39, 0.29) is 30.7 Å². The SMILES string of the molecule is CCOc1cccc(CN2C(=O)CC(Cc3cccnc3)C2=O)n1. The number of imide groups is 1. The lowest BCUT2D eigenvalue weighted by atomic mass is 9.99. The van der Waals surface area contributed by atoms with Crippen molar-refractivity contribution in [3.8, 4) is 5.88 Å². The van der Waals surface area contributed by atoms with Gasteiger partial charge in [0.25, 0.3) is 0 Å². The van der Waals surface area contributed by atoms with Crippen LogP contribution in [0.15, 0.2) is 42.7 Å². The first-order valence-corrected chi connectivity index (χ1v) is 7.99. The highest BCUT2D eigenvalue weighted by Crippen LogP contribution is 2.25. The van der Waals surface area contributed by atoms with Crippen molar-refractivity contribution in [3.63, 3.8) is 0 Å². The number of likely N-dealkylation sites (tertiary alicyclic amines) is 1. The lowest BCUT2D eigenvalue weighted by Crippen LogP contribution is -2.30. The van der Waals surface area contributed by atoms with Crippen LogP contribution in [0.3, 0.4) is 0 Å². The maximum Gasteiger partial charge on any atom is 0.233 e. The third-order valence-corrected chi connectivity index (χ3v) is 3.94. The summed E-state index contributed by atoms with van der Waals surface area (Å²) in [6.45, 7) is 2.58. The van der Waals surface area contributed by atoms with Crippen molar-refractivity contribution < 1.29 is 14.3 Å². The van der Waals surface area contributed by atoms with Crippen molar-refractivity contribution in [2.75, 3.05) is 6.61 Å². The molecule has 6 nitrogen and oxygen atoms in total. The summed E-state index contributed by atoms with van der Waals surface area (Å²) in [7, 11) is 0. The van der Waals surface area contributed by atoms with Gasteiger partial charge in [-0.15, -0.1) is 0 Å². The minimum Gasteiger partial charge on any atom is -0.478 e. The molecule has 2 aromatic heterocycles. The Bertz CT molecular complexity index is 733. The monoisotopic (exact) mass is 325 g/mol. The molecule has 124 valence electrons. The van der Waals surface area contributed by atoms with Gasteiger partial charge in [0.05, 0.1) is 24.8 Å². The molecule has 0 aromatic carbocycles. The summed E-state index contributed by atoms with van der Waals surface area (Å²) in [4.78, 5) is 34.5. The van der Waals surface area contributed by atoms with Crippen molar-refractivity contribution in [2.24, 2.45) is 5.92 Å². The summed E-state index contributed by atoms with van der Waals surface area (Å²) in [5, 5.41) is 0. The lowest BCUT2D eigenvalue weighted by Gasteiger charge is -2.15. The number of nitrogens with zero attached hydrogens (tertiary/aromatic N) is 3. The summed E-state index contributed by atoms with van der Waals surface area (Å²) in [5.74, 6) is -0.122. The Morgan fingerprint density at radius 3 is 2.88 bits per heavy atom. The highest BCUT2D eigenvalue weighted by molar-refractivity contribution is 6.03. The number of hydrogen-bond donors (Lipinski definition) is 0. The molecule has 0 N–H and O–H groups in total. The predicted octanol–water partition coefficient (Wildman–Crippen LogP) is 1.99. The van der Waals surface area contributed by atoms with Crippen LogP contribution < -0.4 is 4.74 Å². The van der Waals surface area contributed by atoms with Crippen LogP contribution in [-0.4, -0.2) is 33.3 Å². The molecule has 2 amide bonds. The van der Waals surface area contributed by atoms with Crippen molar-refractivity contribution in [1.29, 1.82) is 0 Å². The van der Waals surface area contributed by atoms with E-state index in [4.69, 9.17) is 4.74 Å². The summed E-state index contributed by atoms with van der Waals surface area (Å²) in [6, 6.07) is 9.10. The van der Waals surface area contributed by atoms with Crippen LogP contribution in [0.4, 0.5) is 0 Å². The second kappa shape index (κ2) is 7.21. The number of pyridine rings is 2. The third kappa shape index (κ3) is 3.59. The van der Waals surface area contributed by atoms with Gasteiger partial charge in [0.2, 0.25) is 17.7 Å². The topological polar surface area (TPSA) is 72.4 Å². The Hall–Kier alpha value is -2.76. The van der Waals surface area contributed by atoms with E-state index >= 15 is 0 Å². The average molecular weight is 325 g/mol. The van der Waals surface area contributed by atoms with E-state index in [9.17, 15) is 9.59 Å². The molecule has 1 atom stereocenters. The Morgan fingerprint density at radius 2 is 2.12 bits per heavy atom. The number of carbonyl (C=O) groups is 2. The van der Waals surface area contributed by atoms with Crippen LogP contribution in [-0.2, 0) is 22.6 Å². The van der Waals surface area contributed by atoms with Gasteiger partial charge in [-0.05, 0) is 31.0 Å². The molecular weight excluding hydrogens is 306 g/mol. The number of amides is 2. The first-order chi connectivity index (χ1) is 11.7. The molecule has 1 fully saturated rings. The standard InChI is InChI=1S/C18H19N3O3/c1-2-24-16-7-3-6-15(20-16)12-21-17(22)10-14(18(21)23)9-13-5-4-8-19-11-13/h3-8,11,14H,2,9-10,12H2,1H3. The largest absolute Gasteiger partial charge is 0.478 e. The average Bonchev–Trinajstić information content (AvgIpc) is 2.84. The number of aromatic nitrogens is 2. The number of rotatable bonds is 6. The number of carbonyl (C=O) groups excluding carboxylic acids is 2. The molecule has 0 spiro atoms. The van der Waals surface area contributed by atoms with Crippen LogP contribution in [0, 0.1) is 5.92 Å². The van der Waals surface area contributed by atoms with Crippen LogP contribution >= 0.6 is 0 Å². The van der Waals surface area contributed by atoms with E-state index < -0.39 is 0 Å². The summed E-state index contributed by atoms with van der Waals surface area (Å²) in [6.07, 6.45) is 4.18. The van der Waals surface area contributed by atoms with Crippen molar-refractivity contribution in [3.05, 3.63) is 54.0 Å². The Kier molecular flexibility index (Phi) is 4.84. The predicted molar refractivity (Wildman–Crippen MR) is 87.0 cm³/mol. The fraction of sp³-hybridized carbons (Fsp3) is 0.333. The zero-order chi connectivity index (χ0) is 16.9. The number of hydrogen-bond acceptors (Lipinski definition) is 5. The van der Waals surface area contributed by atoms with Gasteiger partial charge in [-0.2, -0.15) is 0 Å². The van der Waals surface area contributed by atoms with E-state index in [1.165, 1.54) is 4.90 Å². The summed E-state index contributed by atoms with van der Waals surface area (Å²) < 4.78 is 5.36. The van der Waals surface area contributed by atoms with Crippen LogP contribution in [0.1, 0.15) is 24.6 Å². The van der Waals surface area contributed by atoms with Gasteiger partial charge in [-0.25, -0.2) is 4.98 Å². The zero-order valence-electron chi connectivity index (χ0n) is 13.5. The first-order valence-electron chi connectivity index (χ1n) is 7.99. The van der Waals surface area contributed by atoms with E-state index in [0.717, 1.165) is 5.56 Å². The molecule has 1 saturated heterocycles. The van der Waals surface area contributed by atoms with E-state index in [1.54, 1.807) is 24.5 Å². The Balaban J connectivity index is 1.69. The van der Waals surface area contributed by atoms with Gasteiger partial charge >= 0.3 is 0 Å². The van der Waals surface area contributed by atoms with Gasteiger partial charge in [0, 0.05) is 24.9 Å². The molecule has 2 aromatic rings. The summed E-state index contributed by atoms with van der Waals surface area (Å²) >= 11 is 0. The molecule has 0 bridgehead atoms. The smallest absolute Gasteiger partial charge is 0.233 e. The minimum absolute atomic E-state index is 0.146. The van der Waals surface area contributed by atoms with Crippen LogP contribution in [0.25, 0.3) is 0 Å². The molecule has 3 heterocycles. The van der Waals surface area contributed by atoms with Crippen molar-refractivity contribution in [1.82, 2.24) is 14.9 Å².